The van der Waals surface area contributed by atoms with Crippen LogP contribution in [-0.2, 0) is 4.79 Å². The maximum absolute atomic E-state index is 14.1. The van der Waals surface area contributed by atoms with Crippen molar-refractivity contribution in [1.82, 2.24) is 35.0 Å². The first kappa shape index (κ1) is 30.9. The molecule has 1 unspecified atom stereocenters. The van der Waals surface area contributed by atoms with E-state index in [9.17, 15) is 27.2 Å². The molecule has 0 aliphatic heterocycles. The van der Waals surface area contributed by atoms with E-state index in [1.807, 2.05) is 13.8 Å². The smallest absolute Gasteiger partial charge is 0.270 e. The first-order chi connectivity index (χ1) is 20.2. The lowest BCUT2D eigenvalue weighted by atomic mass is 9.81. The van der Waals surface area contributed by atoms with E-state index in [1.54, 1.807) is 39.9 Å². The van der Waals surface area contributed by atoms with Gasteiger partial charge in [0.2, 0.25) is 18.3 Å². The third kappa shape index (κ3) is 7.01. The second-order valence-corrected chi connectivity index (χ2v) is 13.0. The van der Waals surface area contributed by atoms with Crippen molar-refractivity contribution in [3.8, 4) is 0 Å². The van der Waals surface area contributed by atoms with Gasteiger partial charge >= 0.3 is 0 Å². The van der Waals surface area contributed by atoms with Crippen molar-refractivity contribution in [2.45, 2.75) is 103 Å². The fourth-order valence-corrected chi connectivity index (χ4v) is 5.80. The minimum atomic E-state index is -2.73. The molecular formula is C30H39F4N7O2. The summed E-state index contributed by atoms with van der Waals surface area (Å²) < 4.78 is 58.0. The first-order valence-corrected chi connectivity index (χ1v) is 14.9. The molecule has 0 bridgehead atoms. The van der Waals surface area contributed by atoms with Gasteiger partial charge in [-0.05, 0) is 69.1 Å². The van der Waals surface area contributed by atoms with Crippen LogP contribution in [0, 0.1) is 17.3 Å². The number of hydrogen-bond donors (Lipinski definition) is 2. The summed E-state index contributed by atoms with van der Waals surface area (Å²) in [6, 6.07) is 2.32. The number of nitrogens with one attached hydrogen (secondary N) is 2. The van der Waals surface area contributed by atoms with Crippen LogP contribution in [0.1, 0.15) is 113 Å². The van der Waals surface area contributed by atoms with Crippen LogP contribution in [0.15, 0.2) is 30.7 Å². The van der Waals surface area contributed by atoms with Crippen molar-refractivity contribution in [1.29, 1.82) is 0 Å². The van der Waals surface area contributed by atoms with E-state index in [2.05, 4.69) is 20.8 Å². The number of halogens is 4. The lowest BCUT2D eigenvalue weighted by molar-refractivity contribution is -0.126. The summed E-state index contributed by atoms with van der Waals surface area (Å²) in [5.74, 6) is -3.66. The monoisotopic (exact) mass is 605 g/mol. The van der Waals surface area contributed by atoms with Crippen molar-refractivity contribution >= 4 is 17.5 Å². The SMILES string of the molecule is CC(C)n1nccc1C(=O)N[C@H](c1cn2ncc(C(NC(=O)CC(C)(C)C(F)F)C3CC3)cc2n1)C1CCC(F)(F)CC1. The molecule has 3 heterocycles. The van der Waals surface area contributed by atoms with Crippen LogP contribution >= 0.6 is 0 Å². The lowest BCUT2D eigenvalue weighted by Gasteiger charge is -2.33. The summed E-state index contributed by atoms with van der Waals surface area (Å²) in [6.07, 6.45) is 3.60. The largest absolute Gasteiger partial charge is 0.349 e. The van der Waals surface area contributed by atoms with Crippen LogP contribution in [-0.4, -0.2) is 48.5 Å². The lowest BCUT2D eigenvalue weighted by Crippen LogP contribution is -2.38. The van der Waals surface area contributed by atoms with Crippen LogP contribution in [0.3, 0.4) is 0 Å². The Morgan fingerprint density at radius 3 is 2.35 bits per heavy atom. The average Bonchev–Trinajstić information content (AvgIpc) is 3.48. The van der Waals surface area contributed by atoms with Gasteiger partial charge in [-0.3, -0.25) is 14.3 Å². The van der Waals surface area contributed by atoms with Crippen molar-refractivity contribution in [3.63, 3.8) is 0 Å². The van der Waals surface area contributed by atoms with Crippen LogP contribution in [0.5, 0.6) is 0 Å². The molecule has 2 amide bonds. The predicted octanol–water partition coefficient (Wildman–Crippen LogP) is 6.05. The Bertz CT molecular complexity index is 1450. The number of alkyl halides is 4. The second-order valence-electron chi connectivity index (χ2n) is 13.0. The van der Waals surface area contributed by atoms with Gasteiger partial charge in [0.1, 0.15) is 5.69 Å². The maximum atomic E-state index is 14.1. The standard InChI is InChI=1S/C30H39F4N7O2/c1-17(2)41-22(9-12-35-41)27(43)39-26(19-7-10-30(33,34)11-8-19)21-16-40-23(37-21)13-20(15-36-40)25(18-5-6-18)38-24(42)14-29(3,4)28(31)32/h9,12-13,15-19,25-26,28H,5-8,10-11,14H2,1-4H3,(H,38,42)(H,39,43)/t25?,26-/m0/s1. The number of carbonyl (C=O) groups is 2. The number of carbonyl (C=O) groups excluding carboxylic acids is 2. The zero-order valence-corrected chi connectivity index (χ0v) is 24.9. The zero-order chi connectivity index (χ0) is 31.1. The first-order valence-electron chi connectivity index (χ1n) is 14.9. The molecule has 0 radical (unpaired) electrons. The molecule has 2 fully saturated rings. The topological polar surface area (TPSA) is 106 Å². The molecule has 5 rings (SSSR count). The van der Waals surface area contributed by atoms with Crippen molar-refractivity contribution < 1.29 is 27.2 Å². The fourth-order valence-electron chi connectivity index (χ4n) is 5.80. The molecule has 43 heavy (non-hydrogen) atoms. The molecule has 0 aromatic carbocycles. The summed E-state index contributed by atoms with van der Waals surface area (Å²) in [4.78, 5) is 30.9. The minimum Gasteiger partial charge on any atom is -0.349 e. The van der Waals surface area contributed by atoms with Gasteiger partial charge in [-0.1, -0.05) is 13.8 Å². The number of fused-ring (bicyclic) bond motifs is 1. The van der Waals surface area contributed by atoms with E-state index in [4.69, 9.17) is 4.98 Å². The molecule has 2 aliphatic rings. The van der Waals surface area contributed by atoms with Gasteiger partial charge in [0.05, 0.1) is 30.2 Å². The van der Waals surface area contributed by atoms with Gasteiger partial charge in [-0.2, -0.15) is 10.2 Å². The Hall–Kier alpha value is -3.51. The number of imidazole rings is 1. The Morgan fingerprint density at radius 1 is 1.05 bits per heavy atom. The molecule has 2 aliphatic carbocycles. The quantitative estimate of drug-likeness (QED) is 0.259. The van der Waals surface area contributed by atoms with E-state index >= 15 is 0 Å². The summed E-state index contributed by atoms with van der Waals surface area (Å²) in [5.41, 5.74) is 0.577. The molecule has 13 heteroatoms. The molecule has 234 valence electrons. The number of rotatable bonds is 11. The highest BCUT2D eigenvalue weighted by Gasteiger charge is 2.40. The molecule has 0 saturated heterocycles. The molecule has 9 nitrogen and oxygen atoms in total. The van der Waals surface area contributed by atoms with E-state index in [1.165, 1.54) is 13.8 Å². The predicted molar refractivity (Wildman–Crippen MR) is 151 cm³/mol. The van der Waals surface area contributed by atoms with Gasteiger partial charge in [0.15, 0.2) is 5.65 Å². The fraction of sp³-hybridized carbons (Fsp3) is 0.633. The van der Waals surface area contributed by atoms with Gasteiger partial charge in [-0.15, -0.1) is 0 Å². The molecule has 2 N–H and O–H groups in total. The van der Waals surface area contributed by atoms with Crippen LogP contribution in [0.2, 0.25) is 0 Å². The van der Waals surface area contributed by atoms with Crippen molar-refractivity contribution in [2.24, 2.45) is 17.3 Å². The Morgan fingerprint density at radius 2 is 1.72 bits per heavy atom. The molecular weight excluding hydrogens is 566 g/mol. The number of nitrogens with zero attached hydrogens (tertiary/aromatic N) is 5. The minimum absolute atomic E-state index is 0.0539. The van der Waals surface area contributed by atoms with Crippen LogP contribution in [0.4, 0.5) is 17.6 Å². The van der Waals surface area contributed by atoms with Gasteiger partial charge in [0.25, 0.3) is 5.91 Å². The molecule has 2 atom stereocenters. The summed E-state index contributed by atoms with van der Waals surface area (Å²) in [5, 5.41) is 14.7. The van der Waals surface area contributed by atoms with Gasteiger partial charge in [0, 0.05) is 36.9 Å². The molecule has 3 aromatic heterocycles. The number of aromatic nitrogens is 5. The highest BCUT2D eigenvalue weighted by atomic mass is 19.3. The van der Waals surface area contributed by atoms with Gasteiger partial charge < -0.3 is 10.6 Å². The van der Waals surface area contributed by atoms with Crippen molar-refractivity contribution in [2.75, 3.05) is 0 Å². The summed E-state index contributed by atoms with van der Waals surface area (Å²) in [6.45, 7) is 6.55. The van der Waals surface area contributed by atoms with Gasteiger partial charge in [-0.25, -0.2) is 27.1 Å². The Labute approximate surface area is 247 Å². The van der Waals surface area contributed by atoms with Crippen LogP contribution < -0.4 is 10.6 Å². The Balaban J connectivity index is 1.41. The second kappa shape index (κ2) is 11.9. The third-order valence-electron chi connectivity index (χ3n) is 8.57. The highest BCUT2D eigenvalue weighted by molar-refractivity contribution is 5.92. The molecule has 2 saturated carbocycles. The van der Waals surface area contributed by atoms with E-state index in [0.29, 0.717) is 22.6 Å². The average molecular weight is 606 g/mol. The summed E-state index contributed by atoms with van der Waals surface area (Å²) >= 11 is 0. The van der Waals surface area contributed by atoms with E-state index in [0.717, 1.165) is 12.8 Å². The van der Waals surface area contributed by atoms with E-state index in [-0.39, 0.29) is 55.9 Å². The van der Waals surface area contributed by atoms with Crippen molar-refractivity contribution in [3.05, 3.63) is 47.7 Å². The number of hydrogen-bond acceptors (Lipinski definition) is 5. The number of amides is 2. The third-order valence-corrected chi connectivity index (χ3v) is 8.57. The molecule has 3 aromatic rings. The van der Waals surface area contributed by atoms with E-state index < -0.39 is 35.8 Å². The summed E-state index contributed by atoms with van der Waals surface area (Å²) in [7, 11) is 0. The van der Waals surface area contributed by atoms with Crippen LogP contribution in [0.25, 0.3) is 5.65 Å². The normalized spacial score (nSPS) is 19.1. The maximum Gasteiger partial charge on any atom is 0.270 e. The highest BCUT2D eigenvalue weighted by Crippen LogP contribution is 2.43. The molecule has 0 spiro atoms. The Kier molecular flexibility index (Phi) is 8.54. The zero-order valence-electron chi connectivity index (χ0n) is 24.9.